The Balaban J connectivity index is 2.29. The quantitative estimate of drug-likeness (QED) is 0.569. The van der Waals surface area contributed by atoms with Gasteiger partial charge in [-0.1, -0.05) is 12.8 Å². The topological polar surface area (TPSA) is 35.5 Å². The molecule has 0 aliphatic heterocycles. The number of nitrogens with one attached hydrogen (secondary N) is 1. The molecule has 2 N–H and O–H groups in total. The first-order valence-corrected chi connectivity index (χ1v) is 4.31. The summed E-state index contributed by atoms with van der Waals surface area (Å²) in [7, 11) is 3.92. The van der Waals surface area contributed by atoms with Crippen molar-refractivity contribution in [2.75, 3.05) is 14.1 Å². The Morgan fingerprint density at radius 3 is 2.45 bits per heavy atom. The first-order valence-electron chi connectivity index (χ1n) is 4.31. The monoisotopic (exact) mass is 158 g/mol. The lowest BCUT2D eigenvalue weighted by molar-refractivity contribution is 0.0568. The number of rotatable bonds is 2. The molecule has 0 amide bonds. The van der Waals surface area contributed by atoms with Gasteiger partial charge in [-0.3, -0.25) is 10.4 Å². The van der Waals surface area contributed by atoms with Crippen LogP contribution in [-0.4, -0.2) is 36.4 Å². The van der Waals surface area contributed by atoms with Crippen molar-refractivity contribution in [3.63, 3.8) is 0 Å². The molecule has 0 aromatic rings. The summed E-state index contributed by atoms with van der Waals surface area (Å²) in [4.78, 5) is 0. The van der Waals surface area contributed by atoms with Crippen molar-refractivity contribution >= 4 is 0 Å². The molecule has 66 valence electrons. The fourth-order valence-electron chi connectivity index (χ4n) is 1.59. The number of hydrazine groups is 1. The molecule has 1 saturated carbocycles. The molecule has 1 fully saturated rings. The van der Waals surface area contributed by atoms with Gasteiger partial charge in [-0.05, 0) is 12.8 Å². The van der Waals surface area contributed by atoms with E-state index < -0.39 is 0 Å². The van der Waals surface area contributed by atoms with Gasteiger partial charge in [-0.2, -0.15) is 0 Å². The molecule has 0 spiro atoms. The maximum atomic E-state index is 9.53. The van der Waals surface area contributed by atoms with Gasteiger partial charge in [-0.15, -0.1) is 0 Å². The van der Waals surface area contributed by atoms with Crippen LogP contribution in [0, 0.1) is 0 Å². The van der Waals surface area contributed by atoms with Crippen molar-refractivity contribution in [2.45, 2.75) is 37.8 Å². The second kappa shape index (κ2) is 4.04. The van der Waals surface area contributed by atoms with Gasteiger partial charge in [0.15, 0.2) is 0 Å². The fraction of sp³-hybridized carbons (Fsp3) is 1.00. The maximum absolute atomic E-state index is 9.53. The summed E-state index contributed by atoms with van der Waals surface area (Å²) in [6, 6.07) is 0.277. The van der Waals surface area contributed by atoms with Crippen LogP contribution < -0.4 is 5.43 Å². The van der Waals surface area contributed by atoms with Crippen LogP contribution in [-0.2, 0) is 0 Å². The van der Waals surface area contributed by atoms with Gasteiger partial charge in [0.05, 0.1) is 6.10 Å². The molecular weight excluding hydrogens is 140 g/mol. The van der Waals surface area contributed by atoms with E-state index in [0.717, 1.165) is 12.8 Å². The van der Waals surface area contributed by atoms with Crippen molar-refractivity contribution in [1.82, 2.24) is 10.4 Å². The lowest BCUT2D eigenvalue weighted by atomic mass is 9.93. The van der Waals surface area contributed by atoms with Crippen molar-refractivity contribution in [1.29, 1.82) is 0 Å². The number of hydrogen-bond donors (Lipinski definition) is 2. The van der Waals surface area contributed by atoms with Crippen LogP contribution in [0.4, 0.5) is 0 Å². The highest BCUT2D eigenvalue weighted by molar-refractivity contribution is 4.78. The minimum Gasteiger partial charge on any atom is -0.391 e. The zero-order valence-corrected chi connectivity index (χ0v) is 7.38. The maximum Gasteiger partial charge on any atom is 0.0706 e. The first-order chi connectivity index (χ1) is 5.20. The van der Waals surface area contributed by atoms with Gasteiger partial charge in [0.1, 0.15) is 0 Å². The molecule has 3 nitrogen and oxygen atoms in total. The zero-order chi connectivity index (χ0) is 8.27. The molecule has 1 rings (SSSR count). The minimum atomic E-state index is -0.147. The Morgan fingerprint density at radius 1 is 1.27 bits per heavy atom. The Morgan fingerprint density at radius 2 is 1.91 bits per heavy atom. The highest BCUT2D eigenvalue weighted by Gasteiger charge is 2.22. The van der Waals surface area contributed by atoms with E-state index in [-0.39, 0.29) is 12.1 Å². The molecule has 0 bridgehead atoms. The SMILES string of the molecule is CN(C)N[C@H]1CCCC[C@@H]1O. The average Bonchev–Trinajstić information content (AvgIpc) is 1.93. The lowest BCUT2D eigenvalue weighted by Gasteiger charge is -2.30. The predicted octanol–water partition coefficient (Wildman–Crippen LogP) is 0.356. The Labute approximate surface area is 68.4 Å². The summed E-state index contributed by atoms with van der Waals surface area (Å²) in [5.74, 6) is 0. The molecule has 0 saturated heterocycles. The fourth-order valence-corrected chi connectivity index (χ4v) is 1.59. The largest absolute Gasteiger partial charge is 0.391 e. The summed E-state index contributed by atoms with van der Waals surface area (Å²) < 4.78 is 0. The highest BCUT2D eigenvalue weighted by atomic mass is 16.3. The average molecular weight is 158 g/mol. The number of nitrogens with zero attached hydrogens (tertiary/aromatic N) is 1. The normalized spacial score (nSPS) is 32.7. The van der Waals surface area contributed by atoms with Crippen molar-refractivity contribution in [3.8, 4) is 0 Å². The van der Waals surface area contributed by atoms with E-state index in [1.165, 1.54) is 12.8 Å². The number of aliphatic hydroxyl groups is 1. The second-order valence-corrected chi connectivity index (χ2v) is 3.48. The minimum absolute atomic E-state index is 0.147. The van der Waals surface area contributed by atoms with Gasteiger partial charge in [0, 0.05) is 20.1 Å². The van der Waals surface area contributed by atoms with Crippen LogP contribution in [0.15, 0.2) is 0 Å². The Hall–Kier alpha value is -0.120. The Bertz CT molecular complexity index is 117. The van der Waals surface area contributed by atoms with Gasteiger partial charge >= 0.3 is 0 Å². The third-order valence-electron chi connectivity index (χ3n) is 2.15. The van der Waals surface area contributed by atoms with Crippen molar-refractivity contribution in [2.24, 2.45) is 0 Å². The van der Waals surface area contributed by atoms with Crippen LogP contribution in [0.25, 0.3) is 0 Å². The summed E-state index contributed by atoms with van der Waals surface area (Å²) >= 11 is 0. The second-order valence-electron chi connectivity index (χ2n) is 3.48. The van der Waals surface area contributed by atoms with Crippen LogP contribution >= 0.6 is 0 Å². The molecule has 0 radical (unpaired) electrons. The van der Waals surface area contributed by atoms with Gasteiger partial charge in [0.25, 0.3) is 0 Å². The lowest BCUT2D eigenvalue weighted by Crippen LogP contribution is -2.48. The molecule has 3 heteroatoms. The van der Waals surface area contributed by atoms with E-state index in [0.29, 0.717) is 0 Å². The third-order valence-corrected chi connectivity index (χ3v) is 2.15. The van der Waals surface area contributed by atoms with E-state index in [9.17, 15) is 5.11 Å². The van der Waals surface area contributed by atoms with Crippen LogP contribution in [0.1, 0.15) is 25.7 Å². The molecule has 0 aromatic carbocycles. The molecule has 0 aromatic heterocycles. The smallest absolute Gasteiger partial charge is 0.0706 e. The molecule has 11 heavy (non-hydrogen) atoms. The first kappa shape index (κ1) is 8.97. The summed E-state index contributed by atoms with van der Waals surface area (Å²) in [5.41, 5.74) is 3.21. The summed E-state index contributed by atoms with van der Waals surface area (Å²) in [6.45, 7) is 0. The molecular formula is C8H18N2O. The summed E-state index contributed by atoms with van der Waals surface area (Å²) in [5, 5.41) is 11.4. The molecule has 0 heterocycles. The summed E-state index contributed by atoms with van der Waals surface area (Å²) in [6.07, 6.45) is 4.31. The van der Waals surface area contributed by atoms with Gasteiger partial charge in [-0.25, -0.2) is 0 Å². The molecule has 0 unspecified atom stereocenters. The van der Waals surface area contributed by atoms with E-state index in [1.807, 2.05) is 19.1 Å². The molecule has 1 aliphatic carbocycles. The van der Waals surface area contributed by atoms with E-state index >= 15 is 0 Å². The van der Waals surface area contributed by atoms with Crippen molar-refractivity contribution in [3.05, 3.63) is 0 Å². The zero-order valence-electron chi connectivity index (χ0n) is 7.38. The van der Waals surface area contributed by atoms with Crippen LogP contribution in [0.2, 0.25) is 0 Å². The van der Waals surface area contributed by atoms with E-state index in [1.54, 1.807) is 0 Å². The Kier molecular flexibility index (Phi) is 3.30. The highest BCUT2D eigenvalue weighted by Crippen LogP contribution is 2.18. The van der Waals surface area contributed by atoms with Crippen LogP contribution in [0.3, 0.4) is 0 Å². The standard InChI is InChI=1S/C8H18N2O/c1-10(2)9-7-5-3-4-6-8(7)11/h7-9,11H,3-6H2,1-2H3/t7-,8-/m0/s1. The van der Waals surface area contributed by atoms with Gasteiger partial charge in [0.2, 0.25) is 0 Å². The van der Waals surface area contributed by atoms with E-state index in [2.05, 4.69) is 5.43 Å². The van der Waals surface area contributed by atoms with Gasteiger partial charge < -0.3 is 5.11 Å². The number of aliphatic hydroxyl groups excluding tert-OH is 1. The number of hydrogen-bond acceptors (Lipinski definition) is 3. The van der Waals surface area contributed by atoms with Crippen molar-refractivity contribution < 1.29 is 5.11 Å². The van der Waals surface area contributed by atoms with Crippen LogP contribution in [0.5, 0.6) is 0 Å². The van der Waals surface area contributed by atoms with E-state index in [4.69, 9.17) is 0 Å². The predicted molar refractivity (Wildman–Crippen MR) is 45.1 cm³/mol. The molecule has 2 atom stereocenters. The molecule has 1 aliphatic rings. The third kappa shape index (κ3) is 2.77.